The molecule has 0 aliphatic heterocycles. The summed E-state index contributed by atoms with van der Waals surface area (Å²) in [4.78, 5) is 14.5. The van der Waals surface area contributed by atoms with E-state index >= 15 is 0 Å². The molecule has 1 aromatic rings. The Labute approximate surface area is 80.2 Å². The lowest BCUT2D eigenvalue weighted by atomic mass is 10.1. The third kappa shape index (κ3) is 2.05. The highest BCUT2D eigenvalue weighted by Crippen LogP contribution is 2.26. The molecule has 4 nitrogen and oxygen atoms in total. The van der Waals surface area contributed by atoms with Crippen molar-refractivity contribution in [2.24, 2.45) is 0 Å². The zero-order valence-corrected chi connectivity index (χ0v) is 8.51. The SMILES string of the molecule is COC(C)(C)c1nc(C(=O)O)cs1. The number of carboxylic acids is 1. The van der Waals surface area contributed by atoms with Gasteiger partial charge in [0.1, 0.15) is 10.6 Å². The number of methoxy groups -OCH3 is 1. The molecule has 72 valence electrons. The summed E-state index contributed by atoms with van der Waals surface area (Å²) in [5, 5.41) is 10.8. The molecule has 1 N–H and O–H groups in total. The van der Waals surface area contributed by atoms with Gasteiger partial charge in [-0.1, -0.05) is 0 Å². The molecule has 0 radical (unpaired) electrons. The van der Waals surface area contributed by atoms with Crippen LogP contribution in [-0.4, -0.2) is 23.2 Å². The summed E-state index contributed by atoms with van der Waals surface area (Å²) in [5.41, 5.74) is -0.441. The van der Waals surface area contributed by atoms with Crippen LogP contribution >= 0.6 is 11.3 Å². The van der Waals surface area contributed by atoms with Crippen LogP contribution in [0.2, 0.25) is 0 Å². The Morgan fingerprint density at radius 3 is 2.69 bits per heavy atom. The molecule has 0 amide bonds. The lowest BCUT2D eigenvalue weighted by Crippen LogP contribution is -2.19. The molecule has 0 spiro atoms. The molecule has 0 bridgehead atoms. The predicted molar refractivity (Wildman–Crippen MR) is 49.1 cm³/mol. The summed E-state index contributed by atoms with van der Waals surface area (Å²) in [7, 11) is 1.57. The Balaban J connectivity index is 2.98. The summed E-state index contributed by atoms with van der Waals surface area (Å²) < 4.78 is 5.17. The fourth-order valence-electron chi connectivity index (χ4n) is 0.736. The van der Waals surface area contributed by atoms with Crippen molar-refractivity contribution in [3.05, 3.63) is 16.1 Å². The number of hydrogen-bond acceptors (Lipinski definition) is 4. The van der Waals surface area contributed by atoms with Crippen molar-refractivity contribution in [1.82, 2.24) is 4.98 Å². The Kier molecular flexibility index (Phi) is 2.68. The number of carboxylic acid groups (broad SMARTS) is 1. The van der Waals surface area contributed by atoms with Crippen molar-refractivity contribution in [3.63, 3.8) is 0 Å². The standard InChI is InChI=1S/C8H11NO3S/c1-8(2,12-3)7-9-5(4-13-7)6(10)11/h4H,1-3H3,(H,10,11). The van der Waals surface area contributed by atoms with Gasteiger partial charge in [-0.25, -0.2) is 9.78 Å². The van der Waals surface area contributed by atoms with Gasteiger partial charge in [0.2, 0.25) is 0 Å². The Hall–Kier alpha value is -0.940. The van der Waals surface area contributed by atoms with Gasteiger partial charge < -0.3 is 9.84 Å². The average molecular weight is 201 g/mol. The number of carbonyl (C=O) groups is 1. The van der Waals surface area contributed by atoms with Crippen LogP contribution in [0.5, 0.6) is 0 Å². The van der Waals surface area contributed by atoms with Crippen LogP contribution in [0.25, 0.3) is 0 Å². The normalized spacial score (nSPS) is 11.6. The molecule has 0 fully saturated rings. The summed E-state index contributed by atoms with van der Waals surface area (Å²) in [5.74, 6) is -1.01. The van der Waals surface area contributed by atoms with Crippen LogP contribution in [0, 0.1) is 0 Å². The van der Waals surface area contributed by atoms with E-state index in [1.54, 1.807) is 7.11 Å². The Morgan fingerprint density at radius 2 is 2.31 bits per heavy atom. The van der Waals surface area contributed by atoms with Crippen LogP contribution < -0.4 is 0 Å². The van der Waals surface area contributed by atoms with Gasteiger partial charge >= 0.3 is 5.97 Å². The van der Waals surface area contributed by atoms with Crippen molar-refractivity contribution < 1.29 is 14.6 Å². The fraction of sp³-hybridized carbons (Fsp3) is 0.500. The van der Waals surface area contributed by atoms with Gasteiger partial charge in [-0.3, -0.25) is 0 Å². The van der Waals surface area contributed by atoms with Gasteiger partial charge in [0.05, 0.1) is 0 Å². The topological polar surface area (TPSA) is 59.4 Å². The molecule has 0 aromatic carbocycles. The minimum atomic E-state index is -1.01. The molecule has 0 saturated heterocycles. The Bertz CT molecular complexity index is 319. The largest absolute Gasteiger partial charge is 0.476 e. The second-order valence-corrected chi connectivity index (χ2v) is 3.92. The highest BCUT2D eigenvalue weighted by molar-refractivity contribution is 7.10. The molecule has 0 unspecified atom stereocenters. The van der Waals surface area contributed by atoms with Crippen molar-refractivity contribution in [3.8, 4) is 0 Å². The quantitative estimate of drug-likeness (QED) is 0.809. The lowest BCUT2D eigenvalue weighted by molar-refractivity contribution is 0.0189. The molecule has 1 aromatic heterocycles. The molecule has 0 saturated carbocycles. The lowest BCUT2D eigenvalue weighted by Gasteiger charge is -2.19. The van der Waals surface area contributed by atoms with E-state index in [0.717, 1.165) is 0 Å². The summed E-state index contributed by atoms with van der Waals surface area (Å²) in [6, 6.07) is 0. The first-order chi connectivity index (χ1) is 5.97. The molecule has 0 atom stereocenters. The molecule has 1 rings (SSSR count). The zero-order valence-electron chi connectivity index (χ0n) is 7.70. The van der Waals surface area contributed by atoms with E-state index in [4.69, 9.17) is 9.84 Å². The van der Waals surface area contributed by atoms with Crippen LogP contribution in [0.4, 0.5) is 0 Å². The number of hydrogen-bond donors (Lipinski definition) is 1. The number of nitrogens with zero attached hydrogens (tertiary/aromatic N) is 1. The summed E-state index contributed by atoms with van der Waals surface area (Å²) in [6.45, 7) is 3.69. The first-order valence-corrected chi connectivity index (χ1v) is 4.60. The molecule has 1 heterocycles. The highest BCUT2D eigenvalue weighted by atomic mass is 32.1. The number of aromatic carboxylic acids is 1. The molecule has 0 aliphatic rings. The second-order valence-electron chi connectivity index (χ2n) is 3.06. The smallest absolute Gasteiger partial charge is 0.355 e. The zero-order chi connectivity index (χ0) is 10.1. The van der Waals surface area contributed by atoms with Crippen LogP contribution in [0.15, 0.2) is 5.38 Å². The van der Waals surface area contributed by atoms with Gasteiger partial charge in [-0.2, -0.15) is 0 Å². The highest BCUT2D eigenvalue weighted by Gasteiger charge is 2.24. The first kappa shape index (κ1) is 10.1. The van der Waals surface area contributed by atoms with E-state index < -0.39 is 11.6 Å². The maximum Gasteiger partial charge on any atom is 0.355 e. The van der Waals surface area contributed by atoms with Gasteiger partial charge in [-0.15, -0.1) is 11.3 Å². The van der Waals surface area contributed by atoms with E-state index in [9.17, 15) is 4.79 Å². The van der Waals surface area contributed by atoms with Crippen LogP contribution in [0.1, 0.15) is 29.3 Å². The second kappa shape index (κ2) is 3.43. The van der Waals surface area contributed by atoms with Gasteiger partial charge in [-0.05, 0) is 13.8 Å². The van der Waals surface area contributed by atoms with E-state index in [1.165, 1.54) is 16.7 Å². The minimum absolute atomic E-state index is 0.0742. The van der Waals surface area contributed by atoms with Crippen LogP contribution in [0.3, 0.4) is 0 Å². The predicted octanol–water partition coefficient (Wildman–Crippen LogP) is 1.72. The number of ether oxygens (including phenoxy) is 1. The molecule has 0 aliphatic carbocycles. The summed E-state index contributed by atoms with van der Waals surface area (Å²) in [6.07, 6.45) is 0. The van der Waals surface area contributed by atoms with Crippen molar-refractivity contribution >= 4 is 17.3 Å². The van der Waals surface area contributed by atoms with E-state index in [0.29, 0.717) is 5.01 Å². The Morgan fingerprint density at radius 1 is 1.69 bits per heavy atom. The van der Waals surface area contributed by atoms with Crippen molar-refractivity contribution in [2.45, 2.75) is 19.4 Å². The average Bonchev–Trinajstić information content (AvgIpc) is 2.52. The van der Waals surface area contributed by atoms with Crippen molar-refractivity contribution in [1.29, 1.82) is 0 Å². The van der Waals surface area contributed by atoms with Gasteiger partial charge in [0, 0.05) is 12.5 Å². The number of rotatable bonds is 3. The third-order valence-corrected chi connectivity index (χ3v) is 2.90. The van der Waals surface area contributed by atoms with E-state index in [2.05, 4.69) is 4.98 Å². The summed E-state index contributed by atoms with van der Waals surface area (Å²) >= 11 is 1.29. The molecular formula is C8H11NO3S. The third-order valence-electron chi connectivity index (χ3n) is 1.75. The first-order valence-electron chi connectivity index (χ1n) is 3.72. The molecule has 13 heavy (non-hydrogen) atoms. The van der Waals surface area contributed by atoms with E-state index in [1.807, 2.05) is 13.8 Å². The molecular weight excluding hydrogens is 190 g/mol. The monoisotopic (exact) mass is 201 g/mol. The van der Waals surface area contributed by atoms with Gasteiger partial charge in [0.25, 0.3) is 0 Å². The van der Waals surface area contributed by atoms with Crippen molar-refractivity contribution in [2.75, 3.05) is 7.11 Å². The minimum Gasteiger partial charge on any atom is -0.476 e. The molecule has 5 heteroatoms. The van der Waals surface area contributed by atoms with E-state index in [-0.39, 0.29) is 5.69 Å². The van der Waals surface area contributed by atoms with Gasteiger partial charge in [0.15, 0.2) is 5.69 Å². The van der Waals surface area contributed by atoms with Crippen LogP contribution in [-0.2, 0) is 10.3 Å². The maximum atomic E-state index is 10.5. The number of thiazole rings is 1. The maximum absolute atomic E-state index is 10.5. The number of aromatic nitrogens is 1. The fourth-order valence-corrected chi connectivity index (χ4v) is 1.63.